The molecule has 0 radical (unpaired) electrons. The fourth-order valence-corrected chi connectivity index (χ4v) is 3.68. The zero-order chi connectivity index (χ0) is 21.5. The highest BCUT2D eigenvalue weighted by Crippen LogP contribution is 2.43. The molecule has 1 N–H and O–H groups in total. The maximum absolute atomic E-state index is 13.8. The Bertz CT molecular complexity index is 1270. The first-order chi connectivity index (χ1) is 15.0. The van der Waals surface area contributed by atoms with Crippen molar-refractivity contribution in [2.24, 2.45) is 0 Å². The van der Waals surface area contributed by atoms with Crippen LogP contribution in [0.1, 0.15) is 34.8 Å². The van der Waals surface area contributed by atoms with Gasteiger partial charge in [-0.2, -0.15) is 5.10 Å². The minimum Gasteiger partial charge on any atom is -0.305 e. The number of carbonyl (C=O) groups excluding carboxylic acids is 1. The van der Waals surface area contributed by atoms with E-state index < -0.39 is 28.9 Å². The van der Waals surface area contributed by atoms with Crippen LogP contribution in [0.5, 0.6) is 0 Å². The Labute approximate surface area is 177 Å². The summed E-state index contributed by atoms with van der Waals surface area (Å²) >= 11 is 1.45. The van der Waals surface area contributed by atoms with Gasteiger partial charge in [0, 0.05) is 29.3 Å². The van der Waals surface area contributed by atoms with Crippen LogP contribution >= 0.6 is 11.3 Å². The van der Waals surface area contributed by atoms with Crippen LogP contribution in [0, 0.1) is 17.5 Å². The molecule has 7 nitrogen and oxygen atoms in total. The molecule has 0 saturated heterocycles. The van der Waals surface area contributed by atoms with E-state index in [4.69, 9.17) is 0 Å². The van der Waals surface area contributed by atoms with Crippen LogP contribution in [0.4, 0.5) is 19.0 Å². The lowest BCUT2D eigenvalue weighted by Gasteiger charge is -2.07. The zero-order valence-corrected chi connectivity index (χ0v) is 16.5. The average Bonchev–Trinajstić information content (AvgIpc) is 3.27. The number of amides is 1. The molecule has 3 aromatic heterocycles. The van der Waals surface area contributed by atoms with E-state index in [1.165, 1.54) is 23.7 Å². The Kier molecular flexibility index (Phi) is 4.74. The van der Waals surface area contributed by atoms with Crippen molar-refractivity contribution in [2.45, 2.75) is 18.8 Å². The summed E-state index contributed by atoms with van der Waals surface area (Å²) in [5, 5.41) is 9.45. The van der Waals surface area contributed by atoms with E-state index in [0.29, 0.717) is 23.7 Å². The maximum atomic E-state index is 13.8. The summed E-state index contributed by atoms with van der Waals surface area (Å²) in [5.74, 6) is -4.91. The number of halogens is 3. The third-order valence-corrected chi connectivity index (χ3v) is 5.52. The van der Waals surface area contributed by atoms with Crippen LogP contribution in [0.3, 0.4) is 0 Å². The number of rotatable bonds is 5. The second-order valence-electron chi connectivity index (χ2n) is 6.92. The Morgan fingerprint density at radius 3 is 2.58 bits per heavy atom. The van der Waals surface area contributed by atoms with Gasteiger partial charge in [-0.15, -0.1) is 11.3 Å². The predicted molar refractivity (Wildman–Crippen MR) is 107 cm³/mol. The Balaban J connectivity index is 1.41. The predicted octanol–water partition coefficient (Wildman–Crippen LogP) is 4.33. The van der Waals surface area contributed by atoms with Crippen LogP contribution in [0.15, 0.2) is 42.3 Å². The molecule has 5 rings (SSSR count). The van der Waals surface area contributed by atoms with Crippen LogP contribution in [-0.2, 0) is 0 Å². The molecule has 0 bridgehead atoms. The fraction of sp³-hybridized carbons (Fsp3) is 0.150. The highest BCUT2D eigenvalue weighted by Gasteiger charge is 2.30. The van der Waals surface area contributed by atoms with Gasteiger partial charge in [0.25, 0.3) is 5.91 Å². The lowest BCUT2D eigenvalue weighted by atomic mass is 10.1. The number of nitrogens with one attached hydrogen (secondary N) is 1. The standard InChI is InChI=1S/C20H13F3N6OS/c21-12-3-4-13(22)17(23)16(12)19(30)27-15-8-25-14(7-26-15)11-9-29(20-24-5-6-31-20)28-18(11)10-1-2-10/h3-10H,1-2H2,(H,26,27,30). The van der Waals surface area contributed by atoms with Gasteiger partial charge in [0.15, 0.2) is 17.5 Å². The molecule has 0 atom stereocenters. The van der Waals surface area contributed by atoms with Gasteiger partial charge in [-0.3, -0.25) is 9.78 Å². The van der Waals surface area contributed by atoms with Crippen LogP contribution in [0.25, 0.3) is 16.4 Å². The summed E-state index contributed by atoms with van der Waals surface area (Å²) in [6.45, 7) is 0. The quantitative estimate of drug-likeness (QED) is 0.465. The molecule has 1 aliphatic carbocycles. The zero-order valence-electron chi connectivity index (χ0n) is 15.7. The van der Waals surface area contributed by atoms with Crippen molar-refractivity contribution in [3.05, 3.63) is 71.0 Å². The van der Waals surface area contributed by atoms with E-state index in [1.54, 1.807) is 10.9 Å². The molecule has 0 spiro atoms. The van der Waals surface area contributed by atoms with Crippen molar-refractivity contribution in [2.75, 3.05) is 5.32 Å². The number of hydrogen-bond acceptors (Lipinski definition) is 6. The van der Waals surface area contributed by atoms with Gasteiger partial charge < -0.3 is 5.32 Å². The van der Waals surface area contributed by atoms with Gasteiger partial charge in [-0.05, 0) is 25.0 Å². The van der Waals surface area contributed by atoms with Crippen LogP contribution in [0.2, 0.25) is 0 Å². The number of benzene rings is 1. The smallest absolute Gasteiger partial charge is 0.262 e. The Morgan fingerprint density at radius 2 is 1.90 bits per heavy atom. The molecular formula is C20H13F3N6OS. The van der Waals surface area contributed by atoms with Crippen LogP contribution < -0.4 is 5.32 Å². The van der Waals surface area contributed by atoms with E-state index in [1.807, 2.05) is 11.6 Å². The number of nitrogens with zero attached hydrogens (tertiary/aromatic N) is 5. The molecule has 1 saturated carbocycles. The Morgan fingerprint density at radius 1 is 1.10 bits per heavy atom. The molecule has 31 heavy (non-hydrogen) atoms. The minimum absolute atomic E-state index is 0.0305. The van der Waals surface area contributed by atoms with E-state index in [9.17, 15) is 18.0 Å². The maximum Gasteiger partial charge on any atom is 0.262 e. The number of thiazole rings is 1. The van der Waals surface area contributed by atoms with Gasteiger partial charge in [-0.25, -0.2) is 27.8 Å². The molecule has 4 aromatic rings. The van der Waals surface area contributed by atoms with E-state index in [0.717, 1.165) is 29.2 Å². The molecular weight excluding hydrogens is 429 g/mol. The first-order valence-corrected chi connectivity index (χ1v) is 10.2. The third kappa shape index (κ3) is 3.67. The molecule has 1 aliphatic rings. The first kappa shape index (κ1) is 19.4. The van der Waals surface area contributed by atoms with Crippen molar-refractivity contribution in [1.29, 1.82) is 0 Å². The number of hydrogen-bond donors (Lipinski definition) is 1. The van der Waals surface area contributed by atoms with Crippen molar-refractivity contribution in [3.8, 4) is 16.4 Å². The van der Waals surface area contributed by atoms with Gasteiger partial charge >= 0.3 is 0 Å². The molecule has 0 aliphatic heterocycles. The molecule has 1 fully saturated rings. The van der Waals surface area contributed by atoms with E-state index in [-0.39, 0.29) is 5.82 Å². The number of aromatic nitrogens is 5. The number of carbonyl (C=O) groups is 1. The summed E-state index contributed by atoms with van der Waals surface area (Å²) in [7, 11) is 0. The van der Waals surface area contributed by atoms with Crippen LogP contribution in [-0.4, -0.2) is 30.6 Å². The van der Waals surface area contributed by atoms with Gasteiger partial charge in [0.1, 0.15) is 11.4 Å². The summed E-state index contributed by atoms with van der Waals surface area (Å²) in [5.41, 5.74) is 1.20. The normalized spacial score (nSPS) is 13.4. The topological polar surface area (TPSA) is 85.6 Å². The SMILES string of the molecule is O=C(Nc1cnc(-c2cn(-c3nccs3)nc2C2CC2)cn1)c1c(F)ccc(F)c1F. The monoisotopic (exact) mass is 442 g/mol. The second kappa shape index (κ2) is 7.58. The van der Waals surface area contributed by atoms with E-state index >= 15 is 0 Å². The molecule has 156 valence electrons. The molecule has 1 amide bonds. The second-order valence-corrected chi connectivity index (χ2v) is 7.79. The number of anilines is 1. The third-order valence-electron chi connectivity index (χ3n) is 4.76. The van der Waals surface area contributed by atoms with Crippen molar-refractivity contribution >= 4 is 23.1 Å². The largest absolute Gasteiger partial charge is 0.305 e. The lowest BCUT2D eigenvalue weighted by molar-refractivity contribution is 0.101. The molecule has 0 unspecified atom stereocenters. The van der Waals surface area contributed by atoms with Crippen molar-refractivity contribution in [1.82, 2.24) is 24.7 Å². The van der Waals surface area contributed by atoms with Gasteiger partial charge in [0.2, 0.25) is 5.13 Å². The molecule has 11 heteroatoms. The van der Waals surface area contributed by atoms with Gasteiger partial charge in [0.05, 0.1) is 23.8 Å². The van der Waals surface area contributed by atoms with Crippen molar-refractivity contribution < 1.29 is 18.0 Å². The summed E-state index contributed by atoms with van der Waals surface area (Å²) < 4.78 is 42.7. The molecule has 1 aromatic carbocycles. The first-order valence-electron chi connectivity index (χ1n) is 9.28. The lowest BCUT2D eigenvalue weighted by Crippen LogP contribution is -2.17. The van der Waals surface area contributed by atoms with Crippen molar-refractivity contribution in [3.63, 3.8) is 0 Å². The highest BCUT2D eigenvalue weighted by molar-refractivity contribution is 7.12. The summed E-state index contributed by atoms with van der Waals surface area (Å²) in [6, 6.07) is 1.29. The highest BCUT2D eigenvalue weighted by atomic mass is 32.1. The summed E-state index contributed by atoms with van der Waals surface area (Å²) in [4.78, 5) is 24.9. The summed E-state index contributed by atoms with van der Waals surface area (Å²) in [6.07, 6.45) is 8.29. The van der Waals surface area contributed by atoms with E-state index in [2.05, 4.69) is 25.4 Å². The average molecular weight is 442 g/mol. The minimum atomic E-state index is -1.56. The fourth-order valence-electron chi connectivity index (χ4n) is 3.12. The van der Waals surface area contributed by atoms with Gasteiger partial charge in [-0.1, -0.05) is 0 Å². The Hall–Kier alpha value is -3.60. The molecule has 3 heterocycles.